The molecular formula is C21H19Cl3N4O4S. The quantitative estimate of drug-likeness (QED) is 0.463. The van der Waals surface area contributed by atoms with E-state index in [0.29, 0.717) is 17.0 Å². The fourth-order valence-electron chi connectivity index (χ4n) is 2.92. The maximum Gasteiger partial charge on any atom is 0.287 e. The number of aromatic nitrogens is 2. The van der Waals surface area contributed by atoms with Crippen LogP contribution in [0.15, 0.2) is 58.4 Å². The molecule has 33 heavy (non-hydrogen) atoms. The Hall–Kier alpha value is -2.43. The smallest absolute Gasteiger partial charge is 0.287 e. The van der Waals surface area contributed by atoms with Gasteiger partial charge in [0.05, 0.1) is 16.1 Å². The number of nitrogens with zero attached hydrogens (tertiary/aromatic N) is 2. The predicted octanol–water partition coefficient (Wildman–Crippen LogP) is 3.67. The number of aryl methyl sites for hydroxylation is 1. The molecular weight excluding hydrogens is 511 g/mol. The number of amides is 1. The Bertz CT molecular complexity index is 1340. The van der Waals surface area contributed by atoms with Crippen LogP contribution in [0.2, 0.25) is 15.1 Å². The highest BCUT2D eigenvalue weighted by molar-refractivity contribution is 7.89. The van der Waals surface area contributed by atoms with Crippen LogP contribution in [0.25, 0.3) is 0 Å². The predicted molar refractivity (Wildman–Crippen MR) is 129 cm³/mol. The zero-order chi connectivity index (χ0) is 24.2. The van der Waals surface area contributed by atoms with Gasteiger partial charge in [-0.2, -0.15) is 5.10 Å². The maximum atomic E-state index is 12.8. The zero-order valence-electron chi connectivity index (χ0n) is 17.3. The number of anilines is 1. The molecule has 0 spiro atoms. The summed E-state index contributed by atoms with van der Waals surface area (Å²) in [4.78, 5) is 24.4. The molecule has 0 radical (unpaired) electrons. The van der Waals surface area contributed by atoms with Crippen molar-refractivity contribution in [1.29, 1.82) is 0 Å². The number of carbonyl (C=O) groups excluding carboxylic acids is 1. The van der Waals surface area contributed by atoms with Crippen molar-refractivity contribution >= 4 is 56.4 Å². The van der Waals surface area contributed by atoms with Crippen molar-refractivity contribution in [2.45, 2.75) is 24.8 Å². The lowest BCUT2D eigenvalue weighted by atomic mass is 10.2. The summed E-state index contributed by atoms with van der Waals surface area (Å²) in [7, 11) is -3.83. The number of hydrogen-bond donors (Lipinski definition) is 2. The molecule has 1 amide bonds. The molecule has 2 N–H and O–H groups in total. The molecule has 174 valence electrons. The average Bonchev–Trinajstić information content (AvgIpc) is 2.76. The molecule has 3 aromatic rings. The van der Waals surface area contributed by atoms with E-state index in [0.717, 1.165) is 16.4 Å². The second-order valence-electron chi connectivity index (χ2n) is 7.07. The summed E-state index contributed by atoms with van der Waals surface area (Å²) in [6.45, 7) is 1.41. The molecule has 0 aliphatic rings. The third-order valence-electron chi connectivity index (χ3n) is 4.62. The Kier molecular flexibility index (Phi) is 8.14. The van der Waals surface area contributed by atoms with E-state index in [1.807, 2.05) is 12.1 Å². The number of rotatable bonds is 8. The van der Waals surface area contributed by atoms with Crippen LogP contribution >= 0.6 is 34.8 Å². The first-order valence-electron chi connectivity index (χ1n) is 9.62. The van der Waals surface area contributed by atoms with Crippen molar-refractivity contribution < 1.29 is 13.2 Å². The molecule has 0 saturated heterocycles. The molecule has 2 aromatic carbocycles. The molecule has 3 rings (SSSR count). The highest BCUT2D eigenvalue weighted by atomic mass is 35.5. The Morgan fingerprint density at radius 3 is 2.48 bits per heavy atom. The topological polar surface area (TPSA) is 110 Å². The van der Waals surface area contributed by atoms with Crippen LogP contribution in [0.5, 0.6) is 0 Å². The van der Waals surface area contributed by atoms with E-state index in [9.17, 15) is 18.0 Å². The Balaban J connectivity index is 1.69. The van der Waals surface area contributed by atoms with Crippen LogP contribution in [0.4, 0.5) is 5.69 Å². The lowest BCUT2D eigenvalue weighted by Gasteiger charge is -2.12. The number of nitrogens with one attached hydrogen (secondary N) is 2. The summed E-state index contributed by atoms with van der Waals surface area (Å²) >= 11 is 17.4. The van der Waals surface area contributed by atoms with E-state index in [4.69, 9.17) is 34.8 Å². The summed E-state index contributed by atoms with van der Waals surface area (Å²) < 4.78 is 29.0. The standard InChI is InChI=1S/C21H19Cl3N4O4S/c1-13-2-7-16(27-19(29)12-28-21(30)20(24)17(23)11-25-28)10-18(13)33(31,32)26-9-8-14-3-5-15(22)6-4-14/h2-7,10-11,26H,8-9,12H2,1H3,(H,27,29). The molecule has 0 fully saturated rings. The van der Waals surface area contributed by atoms with Gasteiger partial charge in [0, 0.05) is 17.3 Å². The third-order valence-corrected chi connectivity index (χ3v) is 7.22. The fraction of sp³-hybridized carbons (Fsp3) is 0.190. The van der Waals surface area contributed by atoms with Gasteiger partial charge in [0.15, 0.2) is 0 Å². The van der Waals surface area contributed by atoms with Crippen LogP contribution in [0, 0.1) is 6.92 Å². The summed E-state index contributed by atoms with van der Waals surface area (Å²) in [6, 6.07) is 11.6. The van der Waals surface area contributed by atoms with Crippen molar-refractivity contribution in [1.82, 2.24) is 14.5 Å². The highest BCUT2D eigenvalue weighted by Crippen LogP contribution is 2.20. The molecule has 1 heterocycles. The van der Waals surface area contributed by atoms with Gasteiger partial charge in [0.1, 0.15) is 11.6 Å². The molecule has 0 atom stereocenters. The van der Waals surface area contributed by atoms with Crippen molar-refractivity contribution in [3.05, 3.63) is 85.2 Å². The number of sulfonamides is 1. The molecule has 1 aromatic heterocycles. The molecule has 0 aliphatic heterocycles. The molecule has 0 aliphatic carbocycles. The van der Waals surface area contributed by atoms with Gasteiger partial charge in [-0.05, 0) is 48.7 Å². The minimum absolute atomic E-state index is 0.0183. The monoisotopic (exact) mass is 528 g/mol. The van der Waals surface area contributed by atoms with Crippen LogP contribution in [-0.4, -0.2) is 30.7 Å². The summed E-state index contributed by atoms with van der Waals surface area (Å²) in [5.41, 5.74) is 0.980. The van der Waals surface area contributed by atoms with Gasteiger partial charge >= 0.3 is 0 Å². The number of benzene rings is 2. The van der Waals surface area contributed by atoms with Gasteiger partial charge in [-0.1, -0.05) is 53.0 Å². The Morgan fingerprint density at radius 1 is 1.09 bits per heavy atom. The van der Waals surface area contributed by atoms with Crippen molar-refractivity contribution in [2.75, 3.05) is 11.9 Å². The Labute approximate surface area is 205 Å². The van der Waals surface area contributed by atoms with E-state index in [2.05, 4.69) is 15.1 Å². The normalized spacial score (nSPS) is 11.4. The van der Waals surface area contributed by atoms with Crippen molar-refractivity contribution in [3.8, 4) is 0 Å². The van der Waals surface area contributed by atoms with Gasteiger partial charge in [-0.3, -0.25) is 9.59 Å². The molecule has 12 heteroatoms. The van der Waals surface area contributed by atoms with Crippen LogP contribution in [0.1, 0.15) is 11.1 Å². The SMILES string of the molecule is Cc1ccc(NC(=O)Cn2ncc(Cl)c(Cl)c2=O)cc1S(=O)(=O)NCCc1ccc(Cl)cc1. The zero-order valence-corrected chi connectivity index (χ0v) is 20.4. The van der Waals surface area contributed by atoms with Crippen LogP contribution in [0.3, 0.4) is 0 Å². The number of halogens is 3. The van der Waals surface area contributed by atoms with Gasteiger partial charge in [-0.15, -0.1) is 0 Å². The molecule has 0 saturated carbocycles. The van der Waals surface area contributed by atoms with E-state index >= 15 is 0 Å². The van der Waals surface area contributed by atoms with Gasteiger partial charge in [-0.25, -0.2) is 17.8 Å². The summed E-state index contributed by atoms with van der Waals surface area (Å²) in [6.07, 6.45) is 1.64. The van der Waals surface area contributed by atoms with E-state index < -0.39 is 28.0 Å². The van der Waals surface area contributed by atoms with Gasteiger partial charge in [0.25, 0.3) is 5.56 Å². The van der Waals surface area contributed by atoms with E-state index in [1.54, 1.807) is 31.2 Å². The first kappa shape index (κ1) is 25.2. The third kappa shape index (κ3) is 6.55. The second kappa shape index (κ2) is 10.7. The number of hydrogen-bond acceptors (Lipinski definition) is 5. The van der Waals surface area contributed by atoms with E-state index in [1.165, 1.54) is 6.07 Å². The lowest BCUT2D eigenvalue weighted by Crippen LogP contribution is -2.30. The largest absolute Gasteiger partial charge is 0.324 e. The molecule has 0 unspecified atom stereocenters. The first-order chi connectivity index (χ1) is 15.6. The Morgan fingerprint density at radius 2 is 1.79 bits per heavy atom. The van der Waals surface area contributed by atoms with E-state index in [-0.39, 0.29) is 27.2 Å². The van der Waals surface area contributed by atoms with Crippen LogP contribution < -0.4 is 15.6 Å². The minimum Gasteiger partial charge on any atom is -0.324 e. The maximum absolute atomic E-state index is 12.8. The van der Waals surface area contributed by atoms with Gasteiger partial charge in [0.2, 0.25) is 15.9 Å². The van der Waals surface area contributed by atoms with Gasteiger partial charge < -0.3 is 5.32 Å². The number of carbonyl (C=O) groups is 1. The van der Waals surface area contributed by atoms with Crippen molar-refractivity contribution in [2.24, 2.45) is 0 Å². The lowest BCUT2D eigenvalue weighted by molar-refractivity contribution is -0.117. The molecule has 8 nitrogen and oxygen atoms in total. The van der Waals surface area contributed by atoms with Crippen LogP contribution in [-0.2, 0) is 27.8 Å². The average molecular weight is 530 g/mol. The summed E-state index contributed by atoms with van der Waals surface area (Å²) in [5.74, 6) is -0.592. The van der Waals surface area contributed by atoms with Crippen molar-refractivity contribution in [3.63, 3.8) is 0 Å². The molecule has 0 bridgehead atoms. The fourth-order valence-corrected chi connectivity index (χ4v) is 4.62. The first-order valence-corrected chi connectivity index (χ1v) is 12.2. The minimum atomic E-state index is -3.83. The second-order valence-corrected chi connectivity index (χ2v) is 10.0. The highest BCUT2D eigenvalue weighted by Gasteiger charge is 2.18. The summed E-state index contributed by atoms with van der Waals surface area (Å²) in [5, 5.41) is 6.67.